The van der Waals surface area contributed by atoms with E-state index in [4.69, 9.17) is 11.6 Å². The molecule has 0 amide bonds. The lowest BCUT2D eigenvalue weighted by atomic mass is 10.1. The molecule has 4 heteroatoms. The Hall–Kier alpha value is -0.120. The maximum atomic E-state index is 5.85. The van der Waals surface area contributed by atoms with Gasteiger partial charge in [-0.1, -0.05) is 20.8 Å². The lowest BCUT2D eigenvalue weighted by molar-refractivity contribution is 0.130. The second-order valence-corrected chi connectivity index (χ2v) is 6.58. The van der Waals surface area contributed by atoms with Gasteiger partial charge in [-0.15, -0.1) is 22.9 Å². The van der Waals surface area contributed by atoms with Gasteiger partial charge in [0.2, 0.25) is 0 Å². The van der Waals surface area contributed by atoms with Gasteiger partial charge in [-0.3, -0.25) is 4.90 Å². The summed E-state index contributed by atoms with van der Waals surface area (Å²) in [5.74, 6) is 1.19. The molecule has 0 aromatic carbocycles. The molecule has 1 aromatic heterocycles. The number of thiazole rings is 1. The Labute approximate surface area is 120 Å². The lowest BCUT2D eigenvalue weighted by Gasteiger charge is -2.34. The van der Waals surface area contributed by atoms with E-state index in [2.05, 4.69) is 49.9 Å². The standard InChI is InChI=1S/C14H25ClN2S/c1-6-13(14-16-12(7-15)9-18-14)17(11(4)5)8-10(2)3/h9-11,13H,6-8H2,1-5H3. The van der Waals surface area contributed by atoms with Crippen LogP contribution in [0.2, 0.25) is 0 Å². The third-order valence-corrected chi connectivity index (χ3v) is 4.29. The van der Waals surface area contributed by atoms with Gasteiger partial charge >= 0.3 is 0 Å². The zero-order valence-electron chi connectivity index (χ0n) is 12.1. The van der Waals surface area contributed by atoms with Crippen LogP contribution in [0.25, 0.3) is 0 Å². The molecule has 18 heavy (non-hydrogen) atoms. The predicted molar refractivity (Wildman–Crippen MR) is 81.4 cm³/mol. The topological polar surface area (TPSA) is 16.1 Å². The highest BCUT2D eigenvalue weighted by Gasteiger charge is 2.24. The van der Waals surface area contributed by atoms with Gasteiger partial charge < -0.3 is 0 Å². The Morgan fingerprint density at radius 2 is 2.00 bits per heavy atom. The highest BCUT2D eigenvalue weighted by Crippen LogP contribution is 2.29. The average molecular weight is 289 g/mol. The van der Waals surface area contributed by atoms with Crippen molar-refractivity contribution in [2.45, 2.75) is 59.0 Å². The fourth-order valence-electron chi connectivity index (χ4n) is 2.21. The molecule has 104 valence electrons. The second kappa shape index (κ2) is 7.46. The first-order valence-corrected chi connectivity index (χ1v) is 8.17. The van der Waals surface area contributed by atoms with Crippen LogP contribution in [0.3, 0.4) is 0 Å². The Morgan fingerprint density at radius 3 is 2.39 bits per heavy atom. The second-order valence-electron chi connectivity index (χ2n) is 5.42. The van der Waals surface area contributed by atoms with Gasteiger partial charge in [0.1, 0.15) is 5.01 Å². The van der Waals surface area contributed by atoms with Gasteiger partial charge in [-0.25, -0.2) is 4.98 Å². The van der Waals surface area contributed by atoms with Crippen LogP contribution in [0.1, 0.15) is 57.8 Å². The van der Waals surface area contributed by atoms with Crippen molar-refractivity contribution in [3.63, 3.8) is 0 Å². The Bertz CT molecular complexity index is 349. The van der Waals surface area contributed by atoms with E-state index in [0.29, 0.717) is 23.9 Å². The maximum Gasteiger partial charge on any atom is 0.110 e. The first-order chi connectivity index (χ1) is 8.49. The smallest absolute Gasteiger partial charge is 0.110 e. The molecule has 0 aliphatic heterocycles. The zero-order chi connectivity index (χ0) is 13.7. The maximum absolute atomic E-state index is 5.85. The van der Waals surface area contributed by atoms with Crippen LogP contribution in [0.15, 0.2) is 5.38 Å². The van der Waals surface area contributed by atoms with Gasteiger partial charge in [-0.2, -0.15) is 0 Å². The molecule has 1 heterocycles. The normalized spacial score (nSPS) is 13.8. The van der Waals surface area contributed by atoms with Gasteiger partial charge in [0.05, 0.1) is 17.6 Å². The number of aromatic nitrogens is 1. The summed E-state index contributed by atoms with van der Waals surface area (Å²) in [5.41, 5.74) is 1.00. The minimum absolute atomic E-state index is 0.425. The van der Waals surface area contributed by atoms with Crippen LogP contribution in [0.4, 0.5) is 0 Å². The van der Waals surface area contributed by atoms with Crippen molar-refractivity contribution in [2.24, 2.45) is 5.92 Å². The van der Waals surface area contributed by atoms with Crippen LogP contribution >= 0.6 is 22.9 Å². The molecule has 2 nitrogen and oxygen atoms in total. The molecule has 0 saturated heterocycles. The minimum atomic E-state index is 0.425. The van der Waals surface area contributed by atoms with Crippen LogP contribution in [0, 0.1) is 5.92 Å². The van der Waals surface area contributed by atoms with Gasteiger partial charge in [0.25, 0.3) is 0 Å². The van der Waals surface area contributed by atoms with Crippen LogP contribution < -0.4 is 0 Å². The van der Waals surface area contributed by atoms with Crippen molar-refractivity contribution in [2.75, 3.05) is 6.54 Å². The van der Waals surface area contributed by atoms with Crippen molar-refractivity contribution in [3.8, 4) is 0 Å². The van der Waals surface area contributed by atoms with Gasteiger partial charge in [0.15, 0.2) is 0 Å². The molecule has 0 aliphatic carbocycles. The van der Waals surface area contributed by atoms with E-state index in [0.717, 1.165) is 18.7 Å². The molecule has 0 N–H and O–H groups in total. The average Bonchev–Trinajstić information content (AvgIpc) is 2.76. The first-order valence-electron chi connectivity index (χ1n) is 6.75. The summed E-state index contributed by atoms with van der Waals surface area (Å²) in [5, 5.41) is 3.29. The van der Waals surface area contributed by atoms with E-state index >= 15 is 0 Å². The summed E-state index contributed by atoms with van der Waals surface area (Å²) in [7, 11) is 0. The number of nitrogens with zero attached hydrogens (tertiary/aromatic N) is 2. The summed E-state index contributed by atoms with van der Waals surface area (Å²) in [6.45, 7) is 12.4. The van der Waals surface area contributed by atoms with E-state index in [9.17, 15) is 0 Å². The Balaban J connectivity index is 2.90. The molecule has 0 aliphatic rings. The zero-order valence-corrected chi connectivity index (χ0v) is 13.7. The highest BCUT2D eigenvalue weighted by atomic mass is 35.5. The number of hydrogen-bond acceptors (Lipinski definition) is 3. The largest absolute Gasteiger partial charge is 0.291 e. The molecule has 0 bridgehead atoms. The summed E-state index contributed by atoms with van der Waals surface area (Å²) in [4.78, 5) is 7.21. The molecule has 0 saturated carbocycles. The van der Waals surface area contributed by atoms with E-state index in [1.165, 1.54) is 5.01 Å². The molecule has 0 radical (unpaired) electrons. The third-order valence-electron chi connectivity index (χ3n) is 3.02. The summed E-state index contributed by atoms with van der Waals surface area (Å²) >= 11 is 7.59. The van der Waals surface area contributed by atoms with Gasteiger partial charge in [-0.05, 0) is 26.2 Å². The van der Waals surface area contributed by atoms with Crippen molar-refractivity contribution < 1.29 is 0 Å². The summed E-state index contributed by atoms with van der Waals surface area (Å²) in [6.07, 6.45) is 1.10. The number of rotatable bonds is 7. The Kier molecular flexibility index (Phi) is 6.61. The first kappa shape index (κ1) is 15.9. The number of halogens is 1. The van der Waals surface area contributed by atoms with E-state index in [1.807, 2.05) is 0 Å². The monoisotopic (exact) mass is 288 g/mol. The molecule has 1 rings (SSSR count). The fraction of sp³-hybridized carbons (Fsp3) is 0.786. The number of hydrogen-bond donors (Lipinski definition) is 0. The quantitative estimate of drug-likeness (QED) is 0.676. The highest BCUT2D eigenvalue weighted by molar-refractivity contribution is 7.09. The molecule has 1 aromatic rings. The molecule has 0 fully saturated rings. The summed E-state index contributed by atoms with van der Waals surface area (Å²) in [6, 6.07) is 0.968. The van der Waals surface area contributed by atoms with Crippen LogP contribution in [0.5, 0.6) is 0 Å². The van der Waals surface area contributed by atoms with Crippen LogP contribution in [-0.2, 0) is 5.88 Å². The molecular formula is C14H25ClN2S. The SMILES string of the molecule is CCC(c1nc(CCl)cs1)N(CC(C)C)C(C)C. The lowest BCUT2D eigenvalue weighted by Crippen LogP contribution is -2.37. The Morgan fingerprint density at radius 1 is 1.33 bits per heavy atom. The van der Waals surface area contributed by atoms with Gasteiger partial charge in [0, 0.05) is 18.0 Å². The third kappa shape index (κ3) is 4.22. The van der Waals surface area contributed by atoms with E-state index < -0.39 is 0 Å². The fourth-order valence-corrected chi connectivity index (χ4v) is 3.46. The minimum Gasteiger partial charge on any atom is -0.291 e. The van der Waals surface area contributed by atoms with E-state index in [-0.39, 0.29) is 0 Å². The number of alkyl halides is 1. The predicted octanol–water partition coefficient (Wildman–Crippen LogP) is 4.70. The van der Waals surface area contributed by atoms with Crippen molar-refractivity contribution >= 4 is 22.9 Å². The molecule has 0 spiro atoms. The van der Waals surface area contributed by atoms with Crippen molar-refractivity contribution in [1.82, 2.24) is 9.88 Å². The molecule has 1 atom stereocenters. The summed E-state index contributed by atoms with van der Waals surface area (Å²) < 4.78 is 0. The molecular weight excluding hydrogens is 264 g/mol. The van der Waals surface area contributed by atoms with E-state index in [1.54, 1.807) is 11.3 Å². The van der Waals surface area contributed by atoms with Crippen molar-refractivity contribution in [3.05, 3.63) is 16.1 Å². The molecule has 1 unspecified atom stereocenters. The van der Waals surface area contributed by atoms with Crippen LogP contribution in [-0.4, -0.2) is 22.5 Å². The van der Waals surface area contributed by atoms with Crippen molar-refractivity contribution in [1.29, 1.82) is 0 Å².